The third kappa shape index (κ3) is 3.56. The second-order valence-electron chi connectivity index (χ2n) is 7.67. The maximum atomic E-state index is 13.2. The minimum Gasteiger partial charge on any atom is -0.290 e. The highest BCUT2D eigenvalue weighted by atomic mass is 16.2. The highest BCUT2D eigenvalue weighted by Gasteiger charge is 2.36. The van der Waals surface area contributed by atoms with Gasteiger partial charge in [-0.3, -0.25) is 14.7 Å². The molecular formula is C22H28N2O. The molecule has 2 fully saturated rings. The van der Waals surface area contributed by atoms with Gasteiger partial charge in [0, 0.05) is 6.04 Å². The third-order valence-corrected chi connectivity index (χ3v) is 5.88. The van der Waals surface area contributed by atoms with Crippen molar-refractivity contribution in [2.24, 2.45) is 4.99 Å². The summed E-state index contributed by atoms with van der Waals surface area (Å²) in [7, 11) is 0. The molecule has 0 aromatic heterocycles. The molecule has 3 aliphatic rings. The van der Waals surface area contributed by atoms with E-state index in [1.165, 1.54) is 51.4 Å². The van der Waals surface area contributed by atoms with Gasteiger partial charge in [0.1, 0.15) is 5.84 Å². The van der Waals surface area contributed by atoms with Crippen LogP contribution in [0.5, 0.6) is 0 Å². The van der Waals surface area contributed by atoms with Crippen LogP contribution in [0.25, 0.3) is 5.57 Å². The zero-order chi connectivity index (χ0) is 17.1. The summed E-state index contributed by atoms with van der Waals surface area (Å²) in [6.45, 7) is 0. The van der Waals surface area contributed by atoms with Crippen LogP contribution >= 0.6 is 0 Å². The van der Waals surface area contributed by atoms with Crippen LogP contribution < -0.4 is 0 Å². The predicted octanol–water partition coefficient (Wildman–Crippen LogP) is 4.98. The molecule has 3 nitrogen and oxygen atoms in total. The van der Waals surface area contributed by atoms with Crippen molar-refractivity contribution >= 4 is 17.3 Å². The summed E-state index contributed by atoms with van der Waals surface area (Å²) in [6, 6.07) is 10.8. The molecule has 1 amide bonds. The highest BCUT2D eigenvalue weighted by Crippen LogP contribution is 2.32. The highest BCUT2D eigenvalue weighted by molar-refractivity contribution is 6.34. The van der Waals surface area contributed by atoms with Gasteiger partial charge in [-0.1, -0.05) is 68.9 Å². The number of rotatable bonds is 3. The van der Waals surface area contributed by atoms with Gasteiger partial charge in [0.05, 0.1) is 11.6 Å². The van der Waals surface area contributed by atoms with Crippen molar-refractivity contribution in [2.75, 3.05) is 0 Å². The summed E-state index contributed by atoms with van der Waals surface area (Å²) in [5, 5.41) is 0. The van der Waals surface area contributed by atoms with E-state index in [4.69, 9.17) is 4.99 Å². The number of amides is 1. The Bertz CT molecular complexity index is 665. The number of aliphatic imine (C=N–C) groups is 1. The van der Waals surface area contributed by atoms with E-state index in [0.717, 1.165) is 29.8 Å². The molecule has 4 rings (SSSR count). The summed E-state index contributed by atoms with van der Waals surface area (Å²) in [4.78, 5) is 20.3. The zero-order valence-electron chi connectivity index (χ0n) is 15.0. The molecule has 1 aromatic carbocycles. The van der Waals surface area contributed by atoms with Crippen molar-refractivity contribution in [3.05, 3.63) is 42.0 Å². The minimum atomic E-state index is 0.160. The van der Waals surface area contributed by atoms with E-state index in [9.17, 15) is 4.79 Å². The van der Waals surface area contributed by atoms with E-state index >= 15 is 0 Å². The van der Waals surface area contributed by atoms with E-state index in [1.807, 2.05) is 35.2 Å². The van der Waals surface area contributed by atoms with Crippen LogP contribution in [0.1, 0.15) is 69.8 Å². The number of hydrogen-bond acceptors (Lipinski definition) is 2. The van der Waals surface area contributed by atoms with Crippen LogP contribution in [0.3, 0.4) is 0 Å². The van der Waals surface area contributed by atoms with Gasteiger partial charge in [-0.2, -0.15) is 0 Å². The van der Waals surface area contributed by atoms with Crippen LogP contribution in [0.4, 0.5) is 0 Å². The molecule has 1 aromatic rings. The quantitative estimate of drug-likeness (QED) is 0.766. The van der Waals surface area contributed by atoms with Crippen LogP contribution in [-0.4, -0.2) is 28.7 Å². The van der Waals surface area contributed by atoms with Gasteiger partial charge in [-0.05, 0) is 37.3 Å². The first-order chi connectivity index (χ1) is 12.3. The van der Waals surface area contributed by atoms with Gasteiger partial charge in [-0.25, -0.2) is 0 Å². The van der Waals surface area contributed by atoms with E-state index < -0.39 is 0 Å². The van der Waals surface area contributed by atoms with Crippen LogP contribution in [0, 0.1) is 0 Å². The minimum absolute atomic E-state index is 0.160. The molecule has 1 aliphatic heterocycles. The Morgan fingerprint density at radius 1 is 0.840 bits per heavy atom. The molecule has 25 heavy (non-hydrogen) atoms. The number of amidine groups is 1. The van der Waals surface area contributed by atoms with Gasteiger partial charge in [0.2, 0.25) is 0 Å². The molecule has 3 heteroatoms. The zero-order valence-corrected chi connectivity index (χ0v) is 15.0. The van der Waals surface area contributed by atoms with Crippen molar-refractivity contribution in [1.82, 2.24) is 4.90 Å². The number of carbonyl (C=O) groups excluding carboxylic acids is 1. The SMILES string of the molecule is O=C1C(c2ccccc2)=CC(=NC2CCCCC2)N1C1CCCCC1. The van der Waals surface area contributed by atoms with Gasteiger partial charge in [-0.15, -0.1) is 0 Å². The average Bonchev–Trinajstić information content (AvgIpc) is 3.00. The van der Waals surface area contributed by atoms with Crippen molar-refractivity contribution < 1.29 is 4.79 Å². The summed E-state index contributed by atoms with van der Waals surface area (Å²) in [5.41, 5.74) is 1.84. The first-order valence-electron chi connectivity index (χ1n) is 10.0. The Morgan fingerprint density at radius 2 is 1.48 bits per heavy atom. The molecule has 0 atom stereocenters. The summed E-state index contributed by atoms with van der Waals surface area (Å²) >= 11 is 0. The molecule has 0 spiro atoms. The molecule has 2 aliphatic carbocycles. The number of hydrogen-bond donors (Lipinski definition) is 0. The van der Waals surface area contributed by atoms with Gasteiger partial charge in [0.25, 0.3) is 5.91 Å². The molecule has 1 heterocycles. The topological polar surface area (TPSA) is 32.7 Å². The van der Waals surface area contributed by atoms with E-state index in [1.54, 1.807) is 0 Å². The second kappa shape index (κ2) is 7.55. The molecule has 0 saturated heterocycles. The Morgan fingerprint density at radius 3 is 2.16 bits per heavy atom. The average molecular weight is 336 g/mol. The number of nitrogens with zero attached hydrogens (tertiary/aromatic N) is 2. The van der Waals surface area contributed by atoms with Crippen LogP contribution in [-0.2, 0) is 4.79 Å². The molecule has 0 bridgehead atoms. The smallest absolute Gasteiger partial charge is 0.260 e. The fraction of sp³-hybridized carbons (Fsp3) is 0.545. The van der Waals surface area contributed by atoms with Crippen molar-refractivity contribution in [1.29, 1.82) is 0 Å². The molecular weight excluding hydrogens is 308 g/mol. The van der Waals surface area contributed by atoms with Crippen LogP contribution in [0.2, 0.25) is 0 Å². The van der Waals surface area contributed by atoms with E-state index in [2.05, 4.69) is 6.08 Å². The Kier molecular flexibility index (Phi) is 5.00. The summed E-state index contributed by atoms with van der Waals surface area (Å²) in [5.74, 6) is 1.09. The largest absolute Gasteiger partial charge is 0.290 e. The lowest BCUT2D eigenvalue weighted by molar-refractivity contribution is -0.122. The van der Waals surface area contributed by atoms with Gasteiger partial charge >= 0.3 is 0 Å². The monoisotopic (exact) mass is 336 g/mol. The first-order valence-corrected chi connectivity index (χ1v) is 10.0. The van der Waals surface area contributed by atoms with Gasteiger partial charge in [0.15, 0.2) is 0 Å². The molecule has 0 unspecified atom stereocenters. The summed E-state index contributed by atoms with van der Waals surface area (Å²) in [6.07, 6.45) is 14.3. The second-order valence-corrected chi connectivity index (χ2v) is 7.67. The van der Waals surface area contributed by atoms with Crippen molar-refractivity contribution in [3.8, 4) is 0 Å². The van der Waals surface area contributed by atoms with Gasteiger partial charge < -0.3 is 0 Å². The Labute approximate surface area is 150 Å². The standard InChI is InChI=1S/C22H28N2O/c25-22-20(17-10-4-1-5-11-17)16-21(23-18-12-6-2-7-13-18)24(22)19-14-8-3-9-15-19/h1,4-5,10-11,16,18-19H,2-3,6-9,12-15H2. The molecule has 0 N–H and O–H groups in total. The molecule has 0 radical (unpaired) electrons. The third-order valence-electron chi connectivity index (χ3n) is 5.88. The normalized spacial score (nSPS) is 24.8. The fourth-order valence-corrected chi connectivity index (χ4v) is 4.51. The summed E-state index contributed by atoms with van der Waals surface area (Å²) < 4.78 is 0. The molecule has 132 valence electrons. The lowest BCUT2D eigenvalue weighted by Crippen LogP contribution is -2.42. The Hall–Kier alpha value is -1.90. The van der Waals surface area contributed by atoms with Crippen molar-refractivity contribution in [2.45, 2.75) is 76.3 Å². The van der Waals surface area contributed by atoms with Crippen molar-refractivity contribution in [3.63, 3.8) is 0 Å². The first kappa shape index (κ1) is 16.6. The van der Waals surface area contributed by atoms with Crippen LogP contribution in [0.15, 0.2) is 41.4 Å². The number of carbonyl (C=O) groups is 1. The van der Waals surface area contributed by atoms with E-state index in [0.29, 0.717) is 12.1 Å². The lowest BCUT2D eigenvalue weighted by atomic mass is 9.94. The maximum absolute atomic E-state index is 13.2. The maximum Gasteiger partial charge on any atom is 0.260 e. The Balaban J connectivity index is 1.66. The predicted molar refractivity (Wildman–Crippen MR) is 102 cm³/mol. The van der Waals surface area contributed by atoms with E-state index in [-0.39, 0.29) is 5.91 Å². The lowest BCUT2D eigenvalue weighted by Gasteiger charge is -2.32. The fourth-order valence-electron chi connectivity index (χ4n) is 4.51. The number of benzene rings is 1. The molecule has 2 saturated carbocycles.